The normalized spacial score (nSPS) is 10.1. The first-order chi connectivity index (χ1) is 9.60. The van der Waals surface area contributed by atoms with Gasteiger partial charge in [-0.3, -0.25) is 4.79 Å². The van der Waals surface area contributed by atoms with Gasteiger partial charge in [-0.05, 0) is 29.8 Å². The third-order valence-corrected chi connectivity index (χ3v) is 2.95. The molecule has 1 heterocycles. The molecule has 1 aromatic heterocycles. The molecule has 6 heteroatoms. The number of aromatic nitrogens is 1. The zero-order chi connectivity index (χ0) is 14.5. The average molecular weight is 292 g/mol. The first-order valence-corrected chi connectivity index (χ1v) is 6.30. The van der Waals surface area contributed by atoms with Crippen molar-refractivity contribution in [1.29, 1.82) is 0 Å². The second-order valence-corrected chi connectivity index (χ2v) is 4.56. The summed E-state index contributed by atoms with van der Waals surface area (Å²) in [5, 5.41) is 3.28. The van der Waals surface area contributed by atoms with Crippen molar-refractivity contribution in [1.82, 2.24) is 10.3 Å². The van der Waals surface area contributed by atoms with E-state index >= 15 is 0 Å². The summed E-state index contributed by atoms with van der Waals surface area (Å²) in [5.74, 6) is 0.248. The molecule has 0 spiro atoms. The van der Waals surface area contributed by atoms with Crippen molar-refractivity contribution in [2.75, 3.05) is 12.8 Å². The molecule has 2 rings (SSSR count). The number of nitrogens with one attached hydrogen (secondary N) is 1. The van der Waals surface area contributed by atoms with Crippen LogP contribution in [0.25, 0.3) is 0 Å². The number of halogens is 1. The Morgan fingerprint density at radius 2 is 2.20 bits per heavy atom. The molecule has 0 saturated heterocycles. The highest BCUT2D eigenvalue weighted by atomic mass is 35.5. The van der Waals surface area contributed by atoms with E-state index in [1.54, 1.807) is 43.6 Å². The monoisotopic (exact) mass is 291 g/mol. The first-order valence-electron chi connectivity index (χ1n) is 5.92. The van der Waals surface area contributed by atoms with Crippen molar-refractivity contribution >= 4 is 23.2 Å². The zero-order valence-corrected chi connectivity index (χ0v) is 11.6. The lowest BCUT2D eigenvalue weighted by molar-refractivity contribution is 0.0951. The first kappa shape index (κ1) is 14.1. The Balaban J connectivity index is 2.04. The van der Waals surface area contributed by atoms with Crippen molar-refractivity contribution in [3.63, 3.8) is 0 Å². The molecule has 0 aliphatic heterocycles. The van der Waals surface area contributed by atoms with E-state index in [1.807, 2.05) is 0 Å². The van der Waals surface area contributed by atoms with Gasteiger partial charge in [0.25, 0.3) is 5.91 Å². The maximum atomic E-state index is 12.0. The topological polar surface area (TPSA) is 77.2 Å². The molecule has 0 radical (unpaired) electrons. The van der Waals surface area contributed by atoms with Crippen molar-refractivity contribution in [3.05, 3.63) is 52.7 Å². The van der Waals surface area contributed by atoms with E-state index in [4.69, 9.17) is 22.1 Å². The van der Waals surface area contributed by atoms with Gasteiger partial charge >= 0.3 is 0 Å². The molecule has 1 amide bonds. The lowest BCUT2D eigenvalue weighted by Crippen LogP contribution is -2.23. The molecular weight excluding hydrogens is 278 g/mol. The number of nitrogen functional groups attached to an aromatic ring is 1. The molecule has 5 nitrogen and oxygen atoms in total. The molecule has 1 aromatic carbocycles. The molecule has 0 bridgehead atoms. The number of carbonyl (C=O) groups is 1. The number of carbonyl (C=O) groups excluding carboxylic acids is 1. The third kappa shape index (κ3) is 3.39. The van der Waals surface area contributed by atoms with Gasteiger partial charge in [0.2, 0.25) is 5.88 Å². The van der Waals surface area contributed by atoms with Crippen LogP contribution < -0.4 is 15.8 Å². The van der Waals surface area contributed by atoms with Crippen LogP contribution >= 0.6 is 11.6 Å². The van der Waals surface area contributed by atoms with Crippen LogP contribution in [-0.2, 0) is 6.54 Å². The minimum absolute atomic E-state index is 0.255. The fraction of sp³-hybridized carbons (Fsp3) is 0.143. The number of hydrogen-bond acceptors (Lipinski definition) is 4. The molecule has 0 aliphatic rings. The predicted molar refractivity (Wildman–Crippen MR) is 77.8 cm³/mol. The molecule has 3 N–H and O–H groups in total. The van der Waals surface area contributed by atoms with E-state index in [-0.39, 0.29) is 5.91 Å². The van der Waals surface area contributed by atoms with Gasteiger partial charge in [0.1, 0.15) is 0 Å². The van der Waals surface area contributed by atoms with Crippen LogP contribution in [0, 0.1) is 0 Å². The molecule has 2 aromatic rings. The van der Waals surface area contributed by atoms with Gasteiger partial charge in [-0.25, -0.2) is 4.98 Å². The van der Waals surface area contributed by atoms with E-state index in [0.29, 0.717) is 28.7 Å². The van der Waals surface area contributed by atoms with Gasteiger partial charge in [0.15, 0.2) is 0 Å². The zero-order valence-electron chi connectivity index (χ0n) is 10.9. The number of anilines is 1. The van der Waals surface area contributed by atoms with Crippen molar-refractivity contribution in [2.24, 2.45) is 0 Å². The van der Waals surface area contributed by atoms with Gasteiger partial charge in [-0.1, -0.05) is 11.6 Å². The average Bonchev–Trinajstić information content (AvgIpc) is 2.45. The lowest BCUT2D eigenvalue weighted by atomic mass is 10.1. The number of benzene rings is 1. The molecule has 104 valence electrons. The smallest absolute Gasteiger partial charge is 0.253 e. The summed E-state index contributed by atoms with van der Waals surface area (Å²) in [7, 11) is 1.54. The molecule has 0 aliphatic carbocycles. The number of nitrogens with two attached hydrogens (primary N) is 1. The van der Waals surface area contributed by atoms with Crippen LogP contribution in [0.1, 0.15) is 15.9 Å². The van der Waals surface area contributed by atoms with E-state index in [2.05, 4.69) is 10.3 Å². The highest BCUT2D eigenvalue weighted by Crippen LogP contribution is 2.18. The summed E-state index contributed by atoms with van der Waals surface area (Å²) in [4.78, 5) is 16.0. The number of pyridine rings is 1. The Bertz CT molecular complexity index is 632. The largest absolute Gasteiger partial charge is 0.481 e. The number of amides is 1. The maximum Gasteiger partial charge on any atom is 0.253 e. The van der Waals surface area contributed by atoms with Crippen LogP contribution in [0.3, 0.4) is 0 Å². The molecule has 0 atom stereocenters. The summed E-state index contributed by atoms with van der Waals surface area (Å²) < 4.78 is 5.02. The molecule has 0 unspecified atom stereocenters. The van der Waals surface area contributed by atoms with Crippen LogP contribution in [0.4, 0.5) is 5.69 Å². The summed E-state index contributed by atoms with van der Waals surface area (Å²) in [5.41, 5.74) is 7.40. The number of hydrogen-bond donors (Lipinski definition) is 2. The second-order valence-electron chi connectivity index (χ2n) is 4.12. The van der Waals surface area contributed by atoms with Crippen LogP contribution in [0.15, 0.2) is 36.5 Å². The molecule has 0 saturated carbocycles. The highest BCUT2D eigenvalue weighted by molar-refractivity contribution is 6.31. The summed E-state index contributed by atoms with van der Waals surface area (Å²) >= 11 is 5.80. The third-order valence-electron chi connectivity index (χ3n) is 2.72. The minimum atomic E-state index is -0.255. The Morgan fingerprint density at radius 1 is 1.40 bits per heavy atom. The van der Waals surface area contributed by atoms with E-state index in [1.165, 1.54) is 0 Å². The van der Waals surface area contributed by atoms with E-state index in [9.17, 15) is 4.79 Å². The molecule has 0 fully saturated rings. The summed E-state index contributed by atoms with van der Waals surface area (Å²) in [6, 6.07) is 8.33. The second kappa shape index (κ2) is 6.25. The fourth-order valence-corrected chi connectivity index (χ4v) is 1.87. The Morgan fingerprint density at radius 3 is 2.90 bits per heavy atom. The number of ether oxygens (including phenoxy) is 1. The summed E-state index contributed by atoms with van der Waals surface area (Å²) in [6.07, 6.45) is 1.62. The van der Waals surface area contributed by atoms with Crippen LogP contribution in [0.2, 0.25) is 5.02 Å². The number of nitrogens with zero attached hydrogens (tertiary/aromatic N) is 1. The quantitative estimate of drug-likeness (QED) is 0.847. The number of methoxy groups -OCH3 is 1. The molecule has 20 heavy (non-hydrogen) atoms. The maximum absolute atomic E-state index is 12.0. The number of rotatable bonds is 4. The molecular formula is C14H14ClN3O2. The highest BCUT2D eigenvalue weighted by Gasteiger charge is 2.09. The summed E-state index contributed by atoms with van der Waals surface area (Å²) in [6.45, 7) is 0.361. The van der Waals surface area contributed by atoms with Gasteiger partial charge in [-0.2, -0.15) is 0 Å². The Kier molecular flexibility index (Phi) is 4.42. The van der Waals surface area contributed by atoms with E-state index < -0.39 is 0 Å². The predicted octanol–water partition coefficient (Wildman–Crippen LogP) is 2.26. The van der Waals surface area contributed by atoms with Crippen LogP contribution in [0.5, 0.6) is 5.88 Å². The van der Waals surface area contributed by atoms with Crippen molar-refractivity contribution < 1.29 is 9.53 Å². The Hall–Kier alpha value is -2.27. The Labute approximate surface area is 121 Å². The SMILES string of the molecule is COc1cc(CNC(=O)c2ccc(Cl)cc2N)ccn1. The van der Waals surface area contributed by atoms with Crippen LogP contribution in [-0.4, -0.2) is 18.0 Å². The fourth-order valence-electron chi connectivity index (χ4n) is 1.69. The van der Waals surface area contributed by atoms with Gasteiger partial charge in [0, 0.05) is 29.5 Å². The lowest BCUT2D eigenvalue weighted by Gasteiger charge is -2.08. The van der Waals surface area contributed by atoms with Gasteiger partial charge in [-0.15, -0.1) is 0 Å². The van der Waals surface area contributed by atoms with Gasteiger partial charge in [0.05, 0.1) is 12.7 Å². The van der Waals surface area contributed by atoms with Crippen molar-refractivity contribution in [2.45, 2.75) is 6.54 Å². The van der Waals surface area contributed by atoms with E-state index in [0.717, 1.165) is 5.56 Å². The van der Waals surface area contributed by atoms with Crippen molar-refractivity contribution in [3.8, 4) is 5.88 Å². The minimum Gasteiger partial charge on any atom is -0.481 e. The standard InChI is InChI=1S/C14H14ClN3O2/c1-20-13-6-9(4-5-17-13)8-18-14(19)11-3-2-10(15)7-12(11)16/h2-7H,8,16H2,1H3,(H,18,19). The van der Waals surface area contributed by atoms with Gasteiger partial charge < -0.3 is 15.8 Å².